The van der Waals surface area contributed by atoms with E-state index in [2.05, 4.69) is 0 Å². The van der Waals surface area contributed by atoms with Crippen molar-refractivity contribution in [1.82, 2.24) is 4.90 Å². The van der Waals surface area contributed by atoms with E-state index < -0.39 is 6.04 Å². The van der Waals surface area contributed by atoms with Gasteiger partial charge < -0.3 is 15.4 Å². The van der Waals surface area contributed by atoms with Crippen LogP contribution in [0.25, 0.3) is 0 Å². The van der Waals surface area contributed by atoms with E-state index >= 15 is 0 Å². The lowest BCUT2D eigenvalue weighted by atomic mass is 10.0. The van der Waals surface area contributed by atoms with E-state index in [1.54, 1.807) is 11.8 Å². The predicted molar refractivity (Wildman–Crippen MR) is 64.2 cm³/mol. The van der Waals surface area contributed by atoms with Crippen molar-refractivity contribution in [2.45, 2.75) is 45.7 Å². The second kappa shape index (κ2) is 6.00. The highest BCUT2D eigenvalue weighted by atomic mass is 16.5. The zero-order chi connectivity index (χ0) is 13.0. The van der Waals surface area contributed by atoms with Crippen molar-refractivity contribution >= 4 is 11.9 Å². The fourth-order valence-electron chi connectivity index (χ4n) is 1.60. The number of ether oxygens (including phenoxy) is 1. The molecular weight excluding hydrogens is 220 g/mol. The van der Waals surface area contributed by atoms with E-state index in [0.29, 0.717) is 6.61 Å². The van der Waals surface area contributed by atoms with Crippen LogP contribution in [-0.2, 0) is 14.3 Å². The van der Waals surface area contributed by atoms with Gasteiger partial charge in [-0.2, -0.15) is 0 Å². The van der Waals surface area contributed by atoms with Gasteiger partial charge >= 0.3 is 5.97 Å². The molecule has 0 saturated heterocycles. The molecule has 0 aromatic rings. The number of carbonyl (C=O) groups is 2. The molecule has 2 N–H and O–H groups in total. The Balaban J connectivity index is 2.59. The van der Waals surface area contributed by atoms with Crippen molar-refractivity contribution in [3.63, 3.8) is 0 Å². The predicted octanol–water partition coefficient (Wildman–Crippen LogP) is 0.524. The highest BCUT2D eigenvalue weighted by Gasteiger charge is 2.36. The van der Waals surface area contributed by atoms with Crippen LogP contribution in [0.5, 0.6) is 0 Å². The Morgan fingerprint density at radius 3 is 2.41 bits per heavy atom. The SMILES string of the molecule is CCOC(=O)CN(C(=O)C(N)C(C)C)C1CC1. The van der Waals surface area contributed by atoms with Crippen LogP contribution in [0, 0.1) is 5.92 Å². The molecule has 1 unspecified atom stereocenters. The van der Waals surface area contributed by atoms with Crippen LogP contribution in [0.4, 0.5) is 0 Å². The number of esters is 1. The van der Waals surface area contributed by atoms with Gasteiger partial charge in [0.1, 0.15) is 6.54 Å². The van der Waals surface area contributed by atoms with Gasteiger partial charge in [-0.3, -0.25) is 9.59 Å². The molecule has 5 heteroatoms. The first-order chi connectivity index (χ1) is 7.97. The molecule has 5 nitrogen and oxygen atoms in total. The Bertz CT molecular complexity index is 287. The minimum Gasteiger partial charge on any atom is -0.465 e. The van der Waals surface area contributed by atoms with Crippen LogP contribution in [-0.4, -0.2) is 42.0 Å². The summed E-state index contributed by atoms with van der Waals surface area (Å²) in [5.41, 5.74) is 5.83. The summed E-state index contributed by atoms with van der Waals surface area (Å²) in [4.78, 5) is 25.1. The Morgan fingerprint density at radius 1 is 1.41 bits per heavy atom. The minimum absolute atomic E-state index is 0.0256. The lowest BCUT2D eigenvalue weighted by Gasteiger charge is -2.26. The zero-order valence-corrected chi connectivity index (χ0v) is 10.8. The molecule has 0 heterocycles. The second-order valence-electron chi connectivity index (χ2n) is 4.77. The van der Waals surface area contributed by atoms with Crippen LogP contribution in [0.2, 0.25) is 0 Å². The average Bonchev–Trinajstić information content (AvgIpc) is 3.08. The Labute approximate surface area is 102 Å². The number of hydrogen-bond donors (Lipinski definition) is 1. The van der Waals surface area contributed by atoms with Crippen molar-refractivity contribution in [2.24, 2.45) is 11.7 Å². The normalized spacial score (nSPS) is 16.8. The van der Waals surface area contributed by atoms with E-state index in [9.17, 15) is 9.59 Å². The number of amides is 1. The maximum Gasteiger partial charge on any atom is 0.325 e. The molecule has 1 atom stereocenters. The summed E-state index contributed by atoms with van der Waals surface area (Å²) in [7, 11) is 0. The smallest absolute Gasteiger partial charge is 0.325 e. The maximum absolute atomic E-state index is 12.1. The molecule has 1 aliphatic rings. The molecule has 1 fully saturated rings. The Morgan fingerprint density at radius 2 is 2.00 bits per heavy atom. The molecule has 1 amide bonds. The van der Waals surface area contributed by atoms with Crippen LogP contribution < -0.4 is 5.73 Å². The number of nitrogens with two attached hydrogens (primary N) is 1. The molecular formula is C12H22N2O3. The third-order valence-corrected chi connectivity index (χ3v) is 2.88. The maximum atomic E-state index is 12.1. The van der Waals surface area contributed by atoms with E-state index in [1.807, 2.05) is 13.8 Å². The summed E-state index contributed by atoms with van der Waals surface area (Å²) in [6.45, 7) is 5.91. The van der Waals surface area contributed by atoms with Crippen molar-refractivity contribution in [3.05, 3.63) is 0 Å². The number of rotatable bonds is 6. The summed E-state index contributed by atoms with van der Waals surface area (Å²) in [6, 6.07) is -0.360. The minimum atomic E-state index is -0.537. The summed E-state index contributed by atoms with van der Waals surface area (Å²) in [6.07, 6.45) is 1.91. The van der Waals surface area contributed by atoms with E-state index in [-0.39, 0.29) is 30.4 Å². The lowest BCUT2D eigenvalue weighted by molar-refractivity contribution is -0.150. The fraction of sp³-hybridized carbons (Fsp3) is 0.833. The number of carbonyl (C=O) groups excluding carboxylic acids is 2. The van der Waals surface area contributed by atoms with Gasteiger partial charge in [0.25, 0.3) is 0 Å². The van der Waals surface area contributed by atoms with Gasteiger partial charge in [-0.15, -0.1) is 0 Å². The molecule has 1 aliphatic carbocycles. The van der Waals surface area contributed by atoms with Crippen LogP contribution >= 0.6 is 0 Å². The molecule has 0 spiro atoms. The number of hydrogen-bond acceptors (Lipinski definition) is 4. The Kier molecular flexibility index (Phi) is 4.93. The van der Waals surface area contributed by atoms with E-state index in [0.717, 1.165) is 12.8 Å². The zero-order valence-electron chi connectivity index (χ0n) is 10.8. The molecule has 0 aliphatic heterocycles. The molecule has 1 saturated carbocycles. The van der Waals surface area contributed by atoms with Crippen LogP contribution in [0.1, 0.15) is 33.6 Å². The van der Waals surface area contributed by atoms with Gasteiger partial charge in [-0.25, -0.2) is 0 Å². The molecule has 1 rings (SSSR count). The van der Waals surface area contributed by atoms with Crippen molar-refractivity contribution in [1.29, 1.82) is 0 Å². The first-order valence-electron chi connectivity index (χ1n) is 6.19. The van der Waals surface area contributed by atoms with Gasteiger partial charge in [-0.1, -0.05) is 13.8 Å². The molecule has 98 valence electrons. The molecule has 0 radical (unpaired) electrons. The largest absolute Gasteiger partial charge is 0.465 e. The molecule has 0 aromatic heterocycles. The van der Waals surface area contributed by atoms with Gasteiger partial charge in [-0.05, 0) is 25.7 Å². The van der Waals surface area contributed by atoms with Gasteiger partial charge in [0, 0.05) is 6.04 Å². The van der Waals surface area contributed by atoms with Crippen LogP contribution in [0.15, 0.2) is 0 Å². The molecule has 0 aromatic carbocycles. The van der Waals surface area contributed by atoms with E-state index in [1.165, 1.54) is 0 Å². The summed E-state index contributed by atoms with van der Waals surface area (Å²) >= 11 is 0. The first kappa shape index (κ1) is 14.0. The average molecular weight is 242 g/mol. The van der Waals surface area contributed by atoms with Crippen molar-refractivity contribution < 1.29 is 14.3 Å². The monoisotopic (exact) mass is 242 g/mol. The van der Waals surface area contributed by atoms with Gasteiger partial charge in [0.15, 0.2) is 0 Å². The first-order valence-corrected chi connectivity index (χ1v) is 6.19. The van der Waals surface area contributed by atoms with E-state index in [4.69, 9.17) is 10.5 Å². The quantitative estimate of drug-likeness (QED) is 0.689. The molecule has 17 heavy (non-hydrogen) atoms. The van der Waals surface area contributed by atoms with Gasteiger partial charge in [0.05, 0.1) is 12.6 Å². The Hall–Kier alpha value is -1.10. The number of nitrogens with zero attached hydrogens (tertiary/aromatic N) is 1. The second-order valence-corrected chi connectivity index (χ2v) is 4.77. The van der Waals surface area contributed by atoms with Gasteiger partial charge in [0.2, 0.25) is 5.91 Å². The molecule has 0 bridgehead atoms. The third-order valence-electron chi connectivity index (χ3n) is 2.88. The summed E-state index contributed by atoms with van der Waals surface area (Å²) in [5.74, 6) is -0.426. The summed E-state index contributed by atoms with van der Waals surface area (Å²) < 4.78 is 4.87. The summed E-state index contributed by atoms with van der Waals surface area (Å²) in [5, 5.41) is 0. The standard InChI is InChI=1S/C12H22N2O3/c1-4-17-10(15)7-14(9-5-6-9)12(16)11(13)8(2)3/h8-9,11H,4-7,13H2,1-3H3. The third kappa shape index (κ3) is 4.00. The van der Waals surface area contributed by atoms with Crippen LogP contribution in [0.3, 0.4) is 0 Å². The highest BCUT2D eigenvalue weighted by Crippen LogP contribution is 2.27. The topological polar surface area (TPSA) is 72.6 Å². The highest BCUT2D eigenvalue weighted by molar-refractivity contribution is 5.86. The van der Waals surface area contributed by atoms with Crippen molar-refractivity contribution in [3.8, 4) is 0 Å². The fourth-order valence-corrected chi connectivity index (χ4v) is 1.60. The van der Waals surface area contributed by atoms with Crippen molar-refractivity contribution in [2.75, 3.05) is 13.2 Å². The lowest BCUT2D eigenvalue weighted by Crippen LogP contribution is -2.49.